The zero-order valence-electron chi connectivity index (χ0n) is 46.4. The molecule has 2 fully saturated rings. The van der Waals surface area contributed by atoms with Crippen molar-refractivity contribution in [1.82, 2.24) is 45.2 Å². The molecule has 19 heteroatoms. The summed E-state index contributed by atoms with van der Waals surface area (Å²) in [7, 11) is 0. The van der Waals surface area contributed by atoms with Gasteiger partial charge in [0.15, 0.2) is 5.65 Å². The lowest BCUT2D eigenvalue weighted by Crippen LogP contribution is -2.57. The number of aromatic nitrogens is 5. The molecule has 424 valence electrons. The smallest absolute Gasteiger partial charge is 0.246 e. The lowest BCUT2D eigenvalue weighted by Gasteiger charge is -2.35. The van der Waals surface area contributed by atoms with Crippen LogP contribution < -0.4 is 21.1 Å². The Morgan fingerprint density at radius 1 is 0.785 bits per heavy atom. The van der Waals surface area contributed by atoms with Crippen LogP contribution in [-0.2, 0) is 35.1 Å². The third-order valence-electron chi connectivity index (χ3n) is 14.7. The second-order valence-electron chi connectivity index (χ2n) is 21.8. The summed E-state index contributed by atoms with van der Waals surface area (Å²) in [6.07, 6.45) is 9.82. The first-order valence-electron chi connectivity index (χ1n) is 28.1. The summed E-state index contributed by atoms with van der Waals surface area (Å²) in [6, 6.07) is 24.1. The van der Waals surface area contributed by atoms with Crippen molar-refractivity contribution in [2.24, 2.45) is 5.41 Å². The number of rotatable bonds is 29. The normalized spacial score (nSPS) is 16.6. The molecule has 79 heavy (non-hydrogen) atoms. The maximum absolute atomic E-state index is 14.0. The summed E-state index contributed by atoms with van der Waals surface area (Å²) in [5.41, 5.74) is 13.1. The Morgan fingerprint density at radius 2 is 1.43 bits per heavy atom. The maximum atomic E-state index is 14.0. The van der Waals surface area contributed by atoms with Crippen LogP contribution in [0.1, 0.15) is 109 Å². The van der Waals surface area contributed by atoms with E-state index in [0.717, 1.165) is 127 Å². The van der Waals surface area contributed by atoms with Crippen LogP contribution in [-0.4, -0.2) is 141 Å². The molecule has 0 radical (unpaired) electrons. The van der Waals surface area contributed by atoms with Crippen molar-refractivity contribution < 1.29 is 38.4 Å². The number of carbonyl (C=O) groups excluding carboxylic acids is 3. The third kappa shape index (κ3) is 16.8. The first kappa shape index (κ1) is 58.8. The summed E-state index contributed by atoms with van der Waals surface area (Å²) in [5.74, 6) is 1.04. The van der Waals surface area contributed by atoms with Gasteiger partial charge in [-0.25, -0.2) is 19.6 Å². The number of para-hydroxylation sites is 1. The van der Waals surface area contributed by atoms with Gasteiger partial charge in [0.1, 0.15) is 41.4 Å². The van der Waals surface area contributed by atoms with Crippen LogP contribution in [0.5, 0.6) is 11.5 Å². The van der Waals surface area contributed by atoms with Gasteiger partial charge < -0.3 is 50.2 Å². The summed E-state index contributed by atoms with van der Waals surface area (Å²) in [4.78, 5) is 59.0. The molecule has 0 spiro atoms. The number of benzene rings is 3. The van der Waals surface area contributed by atoms with Crippen LogP contribution in [0.3, 0.4) is 0 Å². The summed E-state index contributed by atoms with van der Waals surface area (Å²) < 4.78 is 25.4. The number of fused-ring (bicyclic) bond motifs is 1. The first-order valence-corrected chi connectivity index (χ1v) is 29.0. The number of nitrogens with one attached hydrogen (secondary N) is 2. The van der Waals surface area contributed by atoms with Crippen LogP contribution in [0.15, 0.2) is 90.7 Å². The van der Waals surface area contributed by atoms with E-state index in [2.05, 4.69) is 35.2 Å². The minimum absolute atomic E-state index is 0.0281. The molecule has 2 aliphatic heterocycles. The van der Waals surface area contributed by atoms with E-state index in [1.165, 1.54) is 17.6 Å². The summed E-state index contributed by atoms with van der Waals surface area (Å²) >= 11 is 1.58. The number of aliphatic hydroxyl groups is 1. The molecule has 3 amide bonds. The fourth-order valence-electron chi connectivity index (χ4n) is 10.3. The Kier molecular flexibility index (Phi) is 21.7. The number of unbranched alkanes of at least 4 members (excludes halogenated alkanes) is 5. The Bertz CT molecular complexity index is 2850. The molecule has 18 nitrogen and oxygen atoms in total. The van der Waals surface area contributed by atoms with Gasteiger partial charge in [0.05, 0.1) is 60.0 Å². The molecule has 2 saturated heterocycles. The Hall–Kier alpha value is -6.35. The van der Waals surface area contributed by atoms with Crippen LogP contribution in [0.25, 0.3) is 32.7 Å². The third-order valence-corrected chi connectivity index (χ3v) is 15.7. The van der Waals surface area contributed by atoms with Crippen LogP contribution in [0.4, 0.5) is 5.82 Å². The van der Waals surface area contributed by atoms with Crippen molar-refractivity contribution in [1.29, 1.82) is 0 Å². The highest BCUT2D eigenvalue weighted by molar-refractivity contribution is 7.13. The number of piperidine rings is 1. The van der Waals surface area contributed by atoms with Crippen molar-refractivity contribution in [3.63, 3.8) is 0 Å². The molecule has 5 N–H and O–H groups in total. The molecule has 0 unspecified atom stereocenters. The standard InChI is InChI=1S/C60H80N10O8S/c1-42-54(79-41-65-42)45-20-18-43(19-21-45)38-62-58(73)50-37-47(71)39-69(50)59(74)55(60(2,3)4)66-51(72)17-11-8-14-32-76-34-36-77-35-33-75-31-13-6-5-12-28-68-29-26-46(27-30-68)70-57-52(56(61)63-40-64-57)53(67-70)44-22-24-49(25-23-44)78-48-15-9-7-10-16-48/h7,9-10,15-16,18-25,40-41,46-47,50,55,71H,5-6,8,11-14,17,26-39H2,1-4H3,(H,62,73)(H,66,72)(H2,61,63,64)/t47-,50+,55-/m1/s1. The molecular weight excluding hydrogens is 1020 g/mol. The van der Waals surface area contributed by atoms with Crippen LogP contribution in [0.2, 0.25) is 0 Å². The molecule has 0 saturated carbocycles. The van der Waals surface area contributed by atoms with Gasteiger partial charge >= 0.3 is 0 Å². The van der Waals surface area contributed by atoms with E-state index in [-0.39, 0.29) is 49.7 Å². The number of thiazole rings is 1. The van der Waals surface area contributed by atoms with E-state index in [0.29, 0.717) is 45.3 Å². The van der Waals surface area contributed by atoms with Gasteiger partial charge in [0, 0.05) is 57.8 Å². The lowest BCUT2D eigenvalue weighted by molar-refractivity contribution is -0.144. The van der Waals surface area contributed by atoms with E-state index < -0.39 is 23.6 Å². The number of nitrogens with two attached hydrogens (primary N) is 1. The molecule has 3 aromatic carbocycles. The number of anilines is 1. The largest absolute Gasteiger partial charge is 0.457 e. The minimum Gasteiger partial charge on any atom is -0.457 e. The van der Waals surface area contributed by atoms with Crippen molar-refractivity contribution in [3.05, 3.63) is 102 Å². The van der Waals surface area contributed by atoms with E-state index in [9.17, 15) is 19.5 Å². The number of β-amino-alcohol motifs (C(OH)–C–C–N with tert-alkyl or cyclic N) is 1. The minimum atomic E-state index is -0.862. The first-order chi connectivity index (χ1) is 38.3. The average Bonchev–Trinajstić information content (AvgIpc) is 4.32. The molecule has 3 aromatic heterocycles. The molecule has 5 heterocycles. The summed E-state index contributed by atoms with van der Waals surface area (Å²) in [6.45, 7) is 14.4. The number of hydrogen-bond acceptors (Lipinski definition) is 15. The molecule has 2 aliphatic rings. The van der Waals surface area contributed by atoms with Gasteiger partial charge in [0.2, 0.25) is 17.7 Å². The second kappa shape index (κ2) is 29.2. The number of aryl methyl sites for hydroxylation is 1. The van der Waals surface area contributed by atoms with Crippen molar-refractivity contribution in [2.45, 2.75) is 129 Å². The zero-order valence-corrected chi connectivity index (χ0v) is 47.3. The van der Waals surface area contributed by atoms with Crippen LogP contribution >= 0.6 is 11.3 Å². The number of nitrogens with zero attached hydrogens (tertiary/aromatic N) is 7. The maximum Gasteiger partial charge on any atom is 0.246 e. The molecule has 3 atom stereocenters. The topological polar surface area (TPSA) is 221 Å². The number of amides is 3. The Balaban J connectivity index is 0.620. The van der Waals surface area contributed by atoms with Gasteiger partial charge in [-0.15, -0.1) is 11.3 Å². The predicted octanol–water partition coefficient (Wildman–Crippen LogP) is 8.92. The van der Waals surface area contributed by atoms with Gasteiger partial charge in [-0.05, 0) is 105 Å². The molecule has 6 aromatic rings. The van der Waals surface area contributed by atoms with Gasteiger partial charge in [0.25, 0.3) is 0 Å². The van der Waals surface area contributed by atoms with E-state index in [1.54, 1.807) is 11.3 Å². The van der Waals surface area contributed by atoms with E-state index >= 15 is 0 Å². The van der Waals surface area contributed by atoms with Gasteiger partial charge in [-0.2, -0.15) is 5.10 Å². The summed E-state index contributed by atoms with van der Waals surface area (Å²) in [5, 5.41) is 22.4. The second-order valence-corrected chi connectivity index (χ2v) is 22.6. The number of aliphatic hydroxyl groups excluding tert-OH is 1. The fraction of sp³-hybridized carbons (Fsp3) is 0.517. The van der Waals surface area contributed by atoms with Crippen molar-refractivity contribution in [3.8, 4) is 33.2 Å². The quantitative estimate of drug-likeness (QED) is 0.0322. The van der Waals surface area contributed by atoms with Crippen molar-refractivity contribution >= 4 is 45.9 Å². The predicted molar refractivity (Wildman–Crippen MR) is 307 cm³/mol. The van der Waals surface area contributed by atoms with E-state index in [4.69, 9.17) is 29.8 Å². The number of carbonyl (C=O) groups is 3. The van der Waals surface area contributed by atoms with Gasteiger partial charge in [-0.1, -0.05) is 82.5 Å². The lowest BCUT2D eigenvalue weighted by atomic mass is 9.85. The molecule has 0 bridgehead atoms. The number of ether oxygens (including phenoxy) is 4. The number of hydrogen-bond donors (Lipinski definition) is 4. The monoisotopic (exact) mass is 1100 g/mol. The van der Waals surface area contributed by atoms with Crippen molar-refractivity contribution in [2.75, 3.05) is 71.6 Å². The highest BCUT2D eigenvalue weighted by atomic mass is 32.1. The molecule has 8 rings (SSSR count). The highest BCUT2D eigenvalue weighted by Crippen LogP contribution is 2.36. The SMILES string of the molecule is Cc1ncsc1-c1ccc(CNC(=O)[C@@H]2C[C@@H](O)CN2C(=O)[C@@H](NC(=O)CCCCCOCCOCCOCCCCCCN2CCC(n3nc(-c4ccc(Oc5ccccc5)cc4)c4c(N)ncnc43)CC2)C(C)(C)C)cc1. The zero-order chi connectivity index (χ0) is 55.6. The average molecular weight is 1100 g/mol. The highest BCUT2D eigenvalue weighted by Gasteiger charge is 2.44. The van der Waals surface area contributed by atoms with E-state index in [1.807, 2.05) is 112 Å². The van der Waals surface area contributed by atoms with Crippen LogP contribution in [0, 0.1) is 12.3 Å². The number of likely N-dealkylation sites (tertiary alicyclic amines) is 2. The Morgan fingerprint density at radius 3 is 2.10 bits per heavy atom. The Labute approximate surface area is 468 Å². The fourth-order valence-corrected chi connectivity index (χ4v) is 11.1. The molecule has 0 aliphatic carbocycles. The van der Waals surface area contributed by atoms with Gasteiger partial charge in [-0.3, -0.25) is 14.4 Å². The number of nitrogen functional groups attached to an aromatic ring is 1. The molecular formula is C60H80N10O8S.